The molecule has 1 saturated heterocycles. The topological polar surface area (TPSA) is 290 Å². The number of esters is 3. The van der Waals surface area contributed by atoms with Gasteiger partial charge in [-0.1, -0.05) is 6.07 Å². The van der Waals surface area contributed by atoms with Crippen molar-refractivity contribution in [1.29, 1.82) is 0 Å². The molecule has 3 aromatic rings. The van der Waals surface area contributed by atoms with Gasteiger partial charge in [0.15, 0.2) is 52.1 Å². The zero-order valence-electron chi connectivity index (χ0n) is 24.0. The number of phenols is 8. The van der Waals surface area contributed by atoms with Crippen LogP contribution in [0.25, 0.3) is 6.05 Å². The first-order valence-electron chi connectivity index (χ1n) is 13.4. The summed E-state index contributed by atoms with van der Waals surface area (Å²) >= 11 is 0. The van der Waals surface area contributed by atoms with Gasteiger partial charge in [-0.2, -0.15) is 0 Å². The third kappa shape index (κ3) is 7.24. The number of benzene rings is 3. The number of aromatic hydroxyl groups is 8. The summed E-state index contributed by atoms with van der Waals surface area (Å²) in [6.07, 6.45) is -9.39. The lowest BCUT2D eigenvalue weighted by atomic mass is 9.99. The Labute approximate surface area is 258 Å². The summed E-state index contributed by atoms with van der Waals surface area (Å²) in [5.74, 6) is -10.5. The maximum Gasteiger partial charge on any atom is 0.340 e. The monoisotopic (exact) mass is 647 g/mol. The van der Waals surface area contributed by atoms with Crippen molar-refractivity contribution in [2.24, 2.45) is 0 Å². The minimum absolute atomic E-state index is 0.0511. The van der Waals surface area contributed by atoms with Crippen LogP contribution in [0.3, 0.4) is 0 Å². The van der Waals surface area contributed by atoms with Crippen molar-refractivity contribution in [3.63, 3.8) is 0 Å². The van der Waals surface area contributed by atoms with Crippen LogP contribution in [0.2, 0.25) is 0 Å². The molecule has 0 bridgehead atoms. The van der Waals surface area contributed by atoms with E-state index < -0.39 is 118 Å². The Hall–Kier alpha value is -5.91. The fraction of sp³-hybridized carbons (Fsp3) is 0.207. The van der Waals surface area contributed by atoms with Crippen molar-refractivity contribution in [2.75, 3.05) is 6.61 Å². The van der Waals surface area contributed by atoms with E-state index in [1.807, 2.05) is 0 Å². The number of phenolic OH excluding ortho intramolecular Hbond substituents is 8. The molecule has 46 heavy (non-hydrogen) atoms. The molecule has 1 heterocycles. The molecule has 1 aliphatic rings. The number of carbonyl (C=O) groups excluding carboxylic acids is 3. The average molecular weight is 648 g/mol. The van der Waals surface area contributed by atoms with E-state index in [4.69, 9.17) is 20.3 Å². The van der Waals surface area contributed by atoms with Gasteiger partial charge in [0, 0.05) is 6.08 Å². The zero-order chi connectivity index (χ0) is 34.7. The molecule has 17 heteroatoms. The quantitative estimate of drug-likeness (QED) is 0.0685. The first-order valence-corrected chi connectivity index (χ1v) is 12.9. The lowest BCUT2D eigenvalue weighted by Gasteiger charge is -2.41. The zero-order valence-corrected chi connectivity index (χ0v) is 23.0. The molecule has 3 aromatic carbocycles. The lowest BCUT2D eigenvalue weighted by molar-refractivity contribution is -0.288. The fourth-order valence-corrected chi connectivity index (χ4v) is 4.05. The van der Waals surface area contributed by atoms with Crippen molar-refractivity contribution in [3.05, 3.63) is 65.2 Å². The molecular weight excluding hydrogens is 620 g/mol. The first kappa shape index (κ1) is 31.5. The predicted octanol–water partition coefficient (Wildman–Crippen LogP) is 0.417. The summed E-state index contributed by atoms with van der Waals surface area (Å²) in [6.45, 7) is -0.879. The van der Waals surface area contributed by atoms with E-state index >= 15 is 0 Å². The second-order valence-corrected chi connectivity index (χ2v) is 9.65. The van der Waals surface area contributed by atoms with Crippen LogP contribution in [0.1, 0.15) is 27.7 Å². The van der Waals surface area contributed by atoms with Crippen LogP contribution in [-0.2, 0) is 23.7 Å². The SMILES string of the molecule is [2H]/C(=C\C(=O)O[C@H]1C(OC(=O)c2cc(O)c(O)c(O)c2)O[C@H](COC(=O)c2cc(O)c(O)c(O)c2)[C@@H](O)[C@@H]1O)c1ccc(O)c(O)c1. The Morgan fingerprint density at radius 1 is 0.717 bits per heavy atom. The molecule has 10 N–H and O–H groups in total. The van der Waals surface area contributed by atoms with Crippen LogP contribution < -0.4 is 0 Å². The number of hydrogen-bond acceptors (Lipinski definition) is 17. The van der Waals surface area contributed by atoms with Crippen molar-refractivity contribution in [2.45, 2.75) is 30.7 Å². The normalized spacial score (nSPS) is 21.6. The molecule has 17 nitrogen and oxygen atoms in total. The Balaban J connectivity index is 1.57. The van der Waals surface area contributed by atoms with Gasteiger partial charge < -0.3 is 70.0 Å². The molecule has 1 aliphatic heterocycles. The minimum atomic E-state index is -2.13. The second kappa shape index (κ2) is 13.4. The molecule has 0 spiro atoms. The molecule has 0 saturated carbocycles. The van der Waals surface area contributed by atoms with Gasteiger partial charge in [0.05, 0.1) is 12.5 Å². The molecular formula is C29H26O17. The largest absolute Gasteiger partial charge is 0.504 e. The fourth-order valence-electron chi connectivity index (χ4n) is 4.05. The van der Waals surface area contributed by atoms with Gasteiger partial charge in [-0.15, -0.1) is 0 Å². The van der Waals surface area contributed by atoms with Crippen LogP contribution in [0, 0.1) is 0 Å². The van der Waals surface area contributed by atoms with Crippen LogP contribution >= 0.6 is 0 Å². The summed E-state index contributed by atoms with van der Waals surface area (Å²) < 4.78 is 28.8. The van der Waals surface area contributed by atoms with E-state index in [-0.39, 0.29) is 5.56 Å². The summed E-state index contributed by atoms with van der Waals surface area (Å²) in [4.78, 5) is 38.1. The third-order valence-electron chi connectivity index (χ3n) is 6.44. The standard InChI is InChI=1S/C29H26O17/c30-14-3-1-11(5-15(14)31)2-4-21(36)45-26-25(40)24(39)20(10-43-27(41)12-6-16(32)22(37)17(33)7-12)44-29(26)46-28(42)13-8-18(34)23(38)19(35)9-13/h1-9,20,24-26,29-35,37-40H,10H2/b4-2+/t20-,24-,25+,26-,29?/m1/s1/i2D. The molecule has 4 rings (SSSR count). The summed E-state index contributed by atoms with van der Waals surface area (Å²) in [6, 6.07) is 5.53. The number of aliphatic hydroxyl groups is 2. The van der Waals surface area contributed by atoms with Gasteiger partial charge in [0.25, 0.3) is 0 Å². The van der Waals surface area contributed by atoms with Crippen LogP contribution in [0.5, 0.6) is 46.0 Å². The smallest absolute Gasteiger partial charge is 0.340 e. The maximum absolute atomic E-state index is 12.9. The highest BCUT2D eigenvalue weighted by Crippen LogP contribution is 2.37. The van der Waals surface area contributed by atoms with Crippen molar-refractivity contribution < 1.29 is 85.8 Å². The predicted molar refractivity (Wildman–Crippen MR) is 148 cm³/mol. The minimum Gasteiger partial charge on any atom is -0.504 e. The molecule has 0 aromatic heterocycles. The second-order valence-electron chi connectivity index (χ2n) is 9.65. The van der Waals surface area contributed by atoms with E-state index in [1.54, 1.807) is 0 Å². The molecule has 0 aliphatic carbocycles. The van der Waals surface area contributed by atoms with Crippen LogP contribution in [0.15, 0.2) is 48.5 Å². The van der Waals surface area contributed by atoms with Crippen LogP contribution in [-0.4, -0.2) is 106 Å². The third-order valence-corrected chi connectivity index (χ3v) is 6.44. The molecule has 244 valence electrons. The van der Waals surface area contributed by atoms with Crippen molar-refractivity contribution in [3.8, 4) is 46.0 Å². The highest BCUT2D eigenvalue weighted by Gasteiger charge is 2.49. The van der Waals surface area contributed by atoms with Crippen molar-refractivity contribution >= 4 is 24.0 Å². The number of rotatable bonds is 8. The molecule has 0 radical (unpaired) electrons. The number of carbonyl (C=O) groups is 3. The number of ether oxygens (including phenoxy) is 4. The van der Waals surface area contributed by atoms with E-state index in [1.165, 1.54) is 6.07 Å². The number of hydrogen-bond donors (Lipinski definition) is 10. The molecule has 1 unspecified atom stereocenters. The summed E-state index contributed by atoms with van der Waals surface area (Å²) in [5, 5.41) is 98.5. The van der Waals surface area contributed by atoms with Gasteiger partial charge >= 0.3 is 17.9 Å². The Bertz CT molecular complexity index is 1690. The molecule has 5 atom stereocenters. The number of aliphatic hydroxyl groups excluding tert-OH is 2. The maximum atomic E-state index is 12.9. The summed E-state index contributed by atoms with van der Waals surface area (Å²) in [7, 11) is 0. The molecule has 1 fully saturated rings. The van der Waals surface area contributed by atoms with E-state index in [0.717, 1.165) is 24.3 Å². The molecule has 0 amide bonds. The van der Waals surface area contributed by atoms with Crippen LogP contribution in [0.4, 0.5) is 0 Å². The highest BCUT2D eigenvalue weighted by molar-refractivity contribution is 5.92. The Morgan fingerprint density at radius 2 is 1.26 bits per heavy atom. The lowest BCUT2D eigenvalue weighted by Crippen LogP contribution is -2.61. The van der Waals surface area contributed by atoms with Gasteiger partial charge in [0.2, 0.25) is 6.29 Å². The Morgan fingerprint density at radius 3 is 1.80 bits per heavy atom. The first-order chi connectivity index (χ1) is 22.1. The highest BCUT2D eigenvalue weighted by atomic mass is 16.7. The van der Waals surface area contributed by atoms with E-state index in [0.29, 0.717) is 18.2 Å². The van der Waals surface area contributed by atoms with Gasteiger partial charge in [-0.25, -0.2) is 14.4 Å². The summed E-state index contributed by atoms with van der Waals surface area (Å²) in [5.41, 5.74) is -1.07. The Kier molecular flexibility index (Phi) is 9.17. The average Bonchev–Trinajstić information content (AvgIpc) is 3.01. The van der Waals surface area contributed by atoms with E-state index in [2.05, 4.69) is 0 Å². The van der Waals surface area contributed by atoms with Gasteiger partial charge in [0.1, 0.15) is 24.9 Å². The van der Waals surface area contributed by atoms with E-state index in [9.17, 15) is 65.4 Å². The van der Waals surface area contributed by atoms with Crippen molar-refractivity contribution in [1.82, 2.24) is 0 Å². The van der Waals surface area contributed by atoms with Gasteiger partial charge in [-0.05, 0) is 48.0 Å². The van der Waals surface area contributed by atoms with Gasteiger partial charge in [-0.3, -0.25) is 0 Å².